The number of sulfone groups is 1. The number of nitrogens with one attached hydrogen (secondary N) is 2. The number of benzene rings is 2. The summed E-state index contributed by atoms with van der Waals surface area (Å²) in [7, 11) is -7.82. The first-order chi connectivity index (χ1) is 16.6. The van der Waals surface area contributed by atoms with Gasteiger partial charge >= 0.3 is 0 Å². The summed E-state index contributed by atoms with van der Waals surface area (Å²) in [5, 5.41) is 12.0. The van der Waals surface area contributed by atoms with Crippen LogP contribution in [-0.2, 0) is 19.9 Å². The molecule has 36 heavy (non-hydrogen) atoms. The Bertz CT molecular complexity index is 1430. The summed E-state index contributed by atoms with van der Waals surface area (Å²) in [4.78, 5) is 12.3. The van der Waals surface area contributed by atoms with Gasteiger partial charge in [0, 0.05) is 35.8 Å². The van der Waals surface area contributed by atoms with Gasteiger partial charge in [-0.15, -0.1) is 0 Å². The molecular formula is C22H22ClF3N2O6S2. The number of amides is 1. The van der Waals surface area contributed by atoms with Crippen molar-refractivity contribution in [2.75, 3.05) is 18.1 Å². The molecule has 0 aliphatic heterocycles. The SMILES string of the molecule is CS(=O)(=O)NC[C@]1(O)C[C@@H]2CCC1[C@@H]2S(=O)(=O)c1cc(C(=O)Nc2cc(F)c(F)c(F)c2)ccc1Cl. The maximum atomic E-state index is 13.7. The van der Waals surface area contributed by atoms with Crippen LogP contribution in [0.4, 0.5) is 18.9 Å². The molecule has 2 fully saturated rings. The van der Waals surface area contributed by atoms with Crippen LogP contribution < -0.4 is 10.0 Å². The second-order valence-electron chi connectivity index (χ2n) is 9.21. The van der Waals surface area contributed by atoms with Crippen LogP contribution in [0.15, 0.2) is 35.2 Å². The molecule has 8 nitrogen and oxygen atoms in total. The summed E-state index contributed by atoms with van der Waals surface area (Å²) < 4.78 is 92.7. The fourth-order valence-corrected chi connectivity index (χ4v) is 8.66. The zero-order chi connectivity index (χ0) is 26.6. The van der Waals surface area contributed by atoms with Crippen molar-refractivity contribution in [3.8, 4) is 0 Å². The number of hydrogen-bond acceptors (Lipinski definition) is 6. The van der Waals surface area contributed by atoms with Gasteiger partial charge in [0.1, 0.15) is 0 Å². The van der Waals surface area contributed by atoms with Crippen LogP contribution >= 0.6 is 11.6 Å². The highest BCUT2D eigenvalue weighted by molar-refractivity contribution is 7.92. The van der Waals surface area contributed by atoms with E-state index in [0.717, 1.165) is 12.3 Å². The first-order valence-electron chi connectivity index (χ1n) is 10.8. The predicted molar refractivity (Wildman–Crippen MR) is 125 cm³/mol. The van der Waals surface area contributed by atoms with E-state index in [2.05, 4.69) is 10.0 Å². The normalized spacial score (nSPS) is 25.8. The molecule has 3 N–H and O–H groups in total. The largest absolute Gasteiger partial charge is 0.388 e. The van der Waals surface area contributed by atoms with Gasteiger partial charge in [-0.2, -0.15) is 0 Å². The average molecular weight is 567 g/mol. The van der Waals surface area contributed by atoms with Gasteiger partial charge in [0.2, 0.25) is 10.0 Å². The number of sulfonamides is 1. The molecule has 0 spiro atoms. The molecule has 0 heterocycles. The molecular weight excluding hydrogens is 545 g/mol. The van der Waals surface area contributed by atoms with E-state index in [9.17, 15) is 39.9 Å². The Hall–Kier alpha value is -2.19. The van der Waals surface area contributed by atoms with Crippen molar-refractivity contribution in [2.24, 2.45) is 11.8 Å². The molecule has 4 rings (SSSR count). The van der Waals surface area contributed by atoms with Gasteiger partial charge in [-0.1, -0.05) is 11.6 Å². The highest BCUT2D eigenvalue weighted by Crippen LogP contribution is 2.55. The van der Waals surface area contributed by atoms with E-state index in [1.165, 1.54) is 12.1 Å². The quantitative estimate of drug-likeness (QED) is 0.442. The maximum absolute atomic E-state index is 13.7. The number of carbonyl (C=O) groups excluding carboxylic acids is 1. The molecule has 2 saturated carbocycles. The number of halogens is 4. The third kappa shape index (κ3) is 4.99. The Labute approximate surface area is 210 Å². The molecule has 0 aromatic heterocycles. The van der Waals surface area contributed by atoms with E-state index in [-0.39, 0.29) is 34.1 Å². The molecule has 1 unspecified atom stereocenters. The molecule has 0 saturated heterocycles. The number of fused-ring (bicyclic) bond motifs is 2. The van der Waals surface area contributed by atoms with E-state index in [1.54, 1.807) is 0 Å². The molecule has 2 bridgehead atoms. The van der Waals surface area contributed by atoms with Crippen LogP contribution in [0.5, 0.6) is 0 Å². The minimum atomic E-state index is -4.20. The van der Waals surface area contributed by atoms with Gasteiger partial charge in [0.15, 0.2) is 27.3 Å². The average Bonchev–Trinajstić information content (AvgIpc) is 3.32. The fourth-order valence-electron chi connectivity index (χ4n) is 5.22. The minimum Gasteiger partial charge on any atom is -0.388 e. The summed E-state index contributed by atoms with van der Waals surface area (Å²) in [6, 6.07) is 4.57. The van der Waals surface area contributed by atoms with Crippen molar-refractivity contribution in [3.05, 3.63) is 58.4 Å². The van der Waals surface area contributed by atoms with E-state index >= 15 is 0 Å². The van der Waals surface area contributed by atoms with Gasteiger partial charge in [-0.25, -0.2) is 34.7 Å². The predicted octanol–water partition coefficient (Wildman–Crippen LogP) is 2.86. The van der Waals surface area contributed by atoms with Crippen LogP contribution in [0.1, 0.15) is 29.6 Å². The van der Waals surface area contributed by atoms with E-state index < -0.39 is 65.9 Å². The molecule has 14 heteroatoms. The van der Waals surface area contributed by atoms with Gasteiger partial charge < -0.3 is 10.4 Å². The summed E-state index contributed by atoms with van der Waals surface area (Å²) in [6.07, 6.45) is 1.87. The van der Waals surface area contributed by atoms with Crippen molar-refractivity contribution in [2.45, 2.75) is 35.0 Å². The first-order valence-corrected chi connectivity index (χ1v) is 14.6. The lowest BCUT2D eigenvalue weighted by Gasteiger charge is -2.32. The first kappa shape index (κ1) is 26.9. The van der Waals surface area contributed by atoms with Gasteiger partial charge in [-0.05, 0) is 43.4 Å². The smallest absolute Gasteiger partial charge is 0.255 e. The lowest BCUT2D eigenvalue weighted by molar-refractivity contribution is -0.00706. The molecule has 0 radical (unpaired) electrons. The Balaban J connectivity index is 1.62. The second kappa shape index (κ2) is 9.28. The zero-order valence-corrected chi connectivity index (χ0v) is 21.2. The summed E-state index contributed by atoms with van der Waals surface area (Å²) in [5.74, 6) is -6.87. The molecule has 2 aliphatic rings. The number of hydrogen-bond donors (Lipinski definition) is 3. The highest BCUT2D eigenvalue weighted by Gasteiger charge is 2.61. The van der Waals surface area contributed by atoms with Crippen LogP contribution in [0.25, 0.3) is 0 Å². The van der Waals surface area contributed by atoms with Crippen LogP contribution in [0, 0.1) is 29.3 Å². The van der Waals surface area contributed by atoms with Crippen molar-refractivity contribution < 1.29 is 39.9 Å². The molecule has 4 atom stereocenters. The van der Waals surface area contributed by atoms with Crippen molar-refractivity contribution >= 4 is 43.1 Å². The van der Waals surface area contributed by atoms with Crippen LogP contribution in [-0.4, -0.2) is 51.5 Å². The molecule has 2 aromatic carbocycles. The Morgan fingerprint density at radius 3 is 2.36 bits per heavy atom. The summed E-state index contributed by atoms with van der Waals surface area (Å²) >= 11 is 6.19. The fraction of sp³-hybridized carbons (Fsp3) is 0.409. The molecule has 2 aliphatic carbocycles. The number of carbonyl (C=O) groups is 1. The standard InChI is InChI=1S/C22H22ClF3N2O6S2/c1-35(31,32)27-10-22(30)9-12-2-4-14(22)20(12)36(33,34)18-6-11(3-5-15(18)23)21(29)28-13-7-16(24)19(26)17(25)8-13/h3,5-8,12,14,20,27,30H,2,4,9-10H2,1H3,(H,28,29)/t12-,14?,20+,22+/m0/s1. The molecule has 1 amide bonds. The van der Waals surface area contributed by atoms with Gasteiger partial charge in [0.05, 0.1) is 27.0 Å². The van der Waals surface area contributed by atoms with Crippen molar-refractivity contribution in [1.82, 2.24) is 4.72 Å². The van der Waals surface area contributed by atoms with Gasteiger partial charge in [-0.3, -0.25) is 4.79 Å². The third-order valence-corrected chi connectivity index (χ3v) is 10.2. The Morgan fingerprint density at radius 1 is 1.11 bits per heavy atom. The van der Waals surface area contributed by atoms with Crippen LogP contribution in [0.3, 0.4) is 0 Å². The molecule has 2 aromatic rings. The molecule has 196 valence electrons. The zero-order valence-electron chi connectivity index (χ0n) is 18.8. The van der Waals surface area contributed by atoms with Crippen molar-refractivity contribution in [3.63, 3.8) is 0 Å². The lowest BCUT2D eigenvalue weighted by Crippen LogP contribution is -2.48. The van der Waals surface area contributed by atoms with E-state index in [0.29, 0.717) is 25.0 Å². The monoisotopic (exact) mass is 566 g/mol. The number of rotatable bonds is 7. The van der Waals surface area contributed by atoms with E-state index in [4.69, 9.17) is 11.6 Å². The number of aliphatic hydroxyl groups is 1. The lowest BCUT2D eigenvalue weighted by atomic mass is 9.84. The van der Waals surface area contributed by atoms with Crippen LogP contribution in [0.2, 0.25) is 5.02 Å². The van der Waals surface area contributed by atoms with E-state index in [1.807, 2.05) is 0 Å². The Morgan fingerprint density at radius 2 is 1.75 bits per heavy atom. The van der Waals surface area contributed by atoms with Crippen molar-refractivity contribution in [1.29, 1.82) is 0 Å². The highest BCUT2D eigenvalue weighted by atomic mass is 35.5. The maximum Gasteiger partial charge on any atom is 0.255 e. The summed E-state index contributed by atoms with van der Waals surface area (Å²) in [6.45, 7) is -0.333. The summed E-state index contributed by atoms with van der Waals surface area (Å²) in [5.41, 5.74) is -2.14. The van der Waals surface area contributed by atoms with Gasteiger partial charge in [0.25, 0.3) is 5.91 Å². The number of anilines is 1. The third-order valence-electron chi connectivity index (χ3n) is 6.76. The minimum absolute atomic E-state index is 0.0730. The topological polar surface area (TPSA) is 130 Å². The Kier molecular flexibility index (Phi) is 6.92. The second-order valence-corrected chi connectivity index (χ2v) is 13.5.